The third-order valence-electron chi connectivity index (χ3n) is 8.31. The molecule has 178 valence electrons. The number of hydrogen-bond donors (Lipinski definition) is 2. The van der Waals surface area contributed by atoms with Crippen molar-refractivity contribution in [3.63, 3.8) is 0 Å². The van der Waals surface area contributed by atoms with Gasteiger partial charge in [-0.15, -0.1) is 0 Å². The van der Waals surface area contributed by atoms with Crippen LogP contribution in [0.5, 0.6) is 0 Å². The Labute approximate surface area is 201 Å². The van der Waals surface area contributed by atoms with Gasteiger partial charge in [-0.2, -0.15) is 0 Å². The van der Waals surface area contributed by atoms with Crippen molar-refractivity contribution in [3.8, 4) is 0 Å². The van der Waals surface area contributed by atoms with Crippen molar-refractivity contribution in [2.24, 2.45) is 11.7 Å². The monoisotopic (exact) mass is 462 g/mol. The molecule has 3 atom stereocenters. The van der Waals surface area contributed by atoms with E-state index in [1.54, 1.807) is 0 Å². The molecular weight excluding hydrogens is 420 g/mol. The number of hydrogen-bond acceptors (Lipinski definition) is 2. The van der Waals surface area contributed by atoms with Crippen molar-refractivity contribution in [2.75, 3.05) is 0 Å². The maximum absolute atomic E-state index is 7.36. The van der Waals surface area contributed by atoms with Crippen LogP contribution in [0.2, 0.25) is 18.1 Å². The average Bonchev–Trinajstić information content (AvgIpc) is 3.30. The van der Waals surface area contributed by atoms with E-state index in [0.717, 1.165) is 0 Å². The molecule has 33 heavy (non-hydrogen) atoms. The molecule has 0 unspecified atom stereocenters. The van der Waals surface area contributed by atoms with Crippen molar-refractivity contribution in [1.82, 2.24) is 4.98 Å². The minimum atomic E-state index is -1.80. The van der Waals surface area contributed by atoms with Gasteiger partial charge in [0.1, 0.15) is 0 Å². The predicted octanol–water partition coefficient (Wildman–Crippen LogP) is 7.60. The van der Waals surface area contributed by atoms with Crippen molar-refractivity contribution < 1.29 is 4.43 Å². The van der Waals surface area contributed by atoms with Crippen LogP contribution < -0.4 is 5.73 Å². The number of nitrogens with one attached hydrogen (secondary N) is 1. The number of aromatic nitrogens is 1. The number of rotatable bonds is 10. The molecule has 3 N–H and O–H groups in total. The van der Waals surface area contributed by atoms with Gasteiger partial charge in [-0.3, -0.25) is 0 Å². The summed E-state index contributed by atoms with van der Waals surface area (Å²) < 4.78 is 7.30. The Morgan fingerprint density at radius 2 is 1.55 bits per heavy atom. The van der Waals surface area contributed by atoms with E-state index in [4.69, 9.17) is 10.2 Å². The highest BCUT2D eigenvalue weighted by Gasteiger charge is 2.41. The zero-order valence-electron chi connectivity index (χ0n) is 20.7. The van der Waals surface area contributed by atoms with Crippen LogP contribution in [0.25, 0.3) is 10.9 Å². The Morgan fingerprint density at radius 3 is 2.21 bits per heavy atom. The van der Waals surface area contributed by atoms with Crippen LogP contribution >= 0.6 is 0 Å². The van der Waals surface area contributed by atoms with E-state index >= 15 is 0 Å². The lowest BCUT2D eigenvalue weighted by molar-refractivity contribution is 0.0691. The Balaban J connectivity index is 1.79. The minimum absolute atomic E-state index is 0.0776. The molecule has 1 aliphatic carbocycles. The molecule has 4 heteroatoms. The number of nitrogens with two attached hydrogens (primary N) is 1. The molecule has 0 bridgehead atoms. The molecule has 4 rings (SSSR count). The van der Waals surface area contributed by atoms with Crippen molar-refractivity contribution in [1.29, 1.82) is 0 Å². The van der Waals surface area contributed by atoms with Crippen molar-refractivity contribution in [3.05, 3.63) is 71.9 Å². The summed E-state index contributed by atoms with van der Waals surface area (Å²) in [5.74, 6) is 0.660. The van der Waals surface area contributed by atoms with Gasteiger partial charge in [0.05, 0.1) is 6.10 Å². The number of fused-ring (bicyclic) bond motifs is 1. The summed E-state index contributed by atoms with van der Waals surface area (Å²) in [5, 5.41) is 1.27. The lowest BCUT2D eigenvalue weighted by Crippen LogP contribution is -2.52. The number of para-hydroxylation sites is 1. The van der Waals surface area contributed by atoms with Gasteiger partial charge >= 0.3 is 0 Å². The summed E-state index contributed by atoms with van der Waals surface area (Å²) in [6.45, 7) is 6.99. The maximum Gasteiger partial charge on any atom is 0.192 e. The highest BCUT2D eigenvalue weighted by molar-refractivity contribution is 6.73. The largest absolute Gasteiger partial charge is 0.412 e. The Hall–Kier alpha value is -1.88. The summed E-state index contributed by atoms with van der Waals surface area (Å²) in [6.07, 6.45) is 8.74. The average molecular weight is 463 g/mol. The molecule has 1 aliphatic rings. The highest BCUT2D eigenvalue weighted by Crippen LogP contribution is 2.40. The van der Waals surface area contributed by atoms with E-state index in [9.17, 15) is 0 Å². The molecule has 1 fully saturated rings. The fourth-order valence-electron chi connectivity index (χ4n) is 6.05. The topological polar surface area (TPSA) is 51.0 Å². The van der Waals surface area contributed by atoms with Crippen LogP contribution in [-0.4, -0.2) is 25.4 Å². The van der Waals surface area contributed by atoms with Crippen molar-refractivity contribution in [2.45, 2.75) is 89.1 Å². The number of aromatic amines is 1. The van der Waals surface area contributed by atoms with E-state index in [1.165, 1.54) is 72.3 Å². The van der Waals surface area contributed by atoms with E-state index < -0.39 is 8.32 Å². The lowest BCUT2D eigenvalue weighted by Gasteiger charge is -2.43. The van der Waals surface area contributed by atoms with Crippen molar-refractivity contribution >= 4 is 19.2 Å². The molecule has 3 aromatic rings. The van der Waals surface area contributed by atoms with E-state index in [2.05, 4.69) is 86.5 Å². The van der Waals surface area contributed by atoms with Crippen LogP contribution in [0.3, 0.4) is 0 Å². The minimum Gasteiger partial charge on any atom is -0.412 e. The van der Waals surface area contributed by atoms with Crippen LogP contribution in [-0.2, 0) is 4.43 Å². The summed E-state index contributed by atoms with van der Waals surface area (Å²) in [4.78, 5) is 3.51. The SMILES string of the molecule is CC[Si](CC)(CC)O[C@@H](C1CCCCC1)[C@@H](N)[C@H](c1ccccc1)c1c[nH]c2ccccc12. The third-order valence-corrected chi connectivity index (χ3v) is 13.0. The molecule has 0 amide bonds. The molecule has 1 aromatic heterocycles. The molecule has 0 saturated heterocycles. The fourth-order valence-corrected chi connectivity index (χ4v) is 8.98. The molecule has 0 aliphatic heterocycles. The van der Waals surface area contributed by atoms with Crippen LogP contribution in [0, 0.1) is 5.92 Å². The van der Waals surface area contributed by atoms with E-state index in [-0.39, 0.29) is 18.1 Å². The summed E-state index contributed by atoms with van der Waals surface area (Å²) in [7, 11) is -1.80. The molecular formula is C29H42N2OSi. The first-order valence-electron chi connectivity index (χ1n) is 13.2. The van der Waals surface area contributed by atoms with Gasteiger partial charge < -0.3 is 15.1 Å². The number of benzene rings is 2. The Morgan fingerprint density at radius 1 is 0.909 bits per heavy atom. The first-order chi connectivity index (χ1) is 16.1. The highest BCUT2D eigenvalue weighted by atomic mass is 28.4. The van der Waals surface area contributed by atoms with E-state index in [0.29, 0.717) is 5.92 Å². The summed E-state index contributed by atoms with van der Waals surface area (Å²) in [5.41, 5.74) is 11.1. The second-order valence-electron chi connectivity index (χ2n) is 9.98. The molecule has 0 spiro atoms. The maximum atomic E-state index is 7.36. The van der Waals surface area contributed by atoms with Crippen LogP contribution in [0.1, 0.15) is 69.9 Å². The van der Waals surface area contributed by atoms with Gasteiger partial charge in [0.2, 0.25) is 0 Å². The molecule has 0 radical (unpaired) electrons. The molecule has 2 aromatic carbocycles. The first kappa shape index (κ1) is 24.2. The second kappa shape index (κ2) is 11.0. The van der Waals surface area contributed by atoms with Crippen LogP contribution in [0.4, 0.5) is 0 Å². The summed E-state index contributed by atoms with van der Waals surface area (Å²) >= 11 is 0. The standard InChI is InChI=1S/C29H42N2OSi/c1-4-33(5-2,6-3)32-29(23-17-11-8-12-18-23)28(30)27(22-15-9-7-10-16-22)25-21-31-26-20-14-13-19-24(25)26/h7,9-10,13-16,19-21,23,27-29,31H,4-6,8,11-12,17-18,30H2,1-3H3/t27-,28+,29+/m1/s1. The van der Waals surface area contributed by atoms with Gasteiger partial charge in [-0.1, -0.05) is 88.6 Å². The predicted molar refractivity (Wildman–Crippen MR) is 143 cm³/mol. The zero-order valence-corrected chi connectivity index (χ0v) is 21.7. The van der Waals surface area contributed by atoms with Gasteiger partial charge in [-0.05, 0) is 54.1 Å². The summed E-state index contributed by atoms with van der Waals surface area (Å²) in [6, 6.07) is 22.9. The van der Waals surface area contributed by atoms with Gasteiger partial charge in [-0.25, -0.2) is 0 Å². The van der Waals surface area contributed by atoms with Crippen LogP contribution in [0.15, 0.2) is 60.8 Å². The molecule has 1 heterocycles. The quantitative estimate of drug-likeness (QED) is 0.305. The Kier molecular flexibility index (Phi) is 8.10. The fraction of sp³-hybridized carbons (Fsp3) is 0.517. The van der Waals surface area contributed by atoms with E-state index in [1.807, 2.05) is 0 Å². The number of H-pyrrole nitrogens is 1. The van der Waals surface area contributed by atoms with Gasteiger partial charge in [0, 0.05) is 29.1 Å². The van der Waals surface area contributed by atoms with Gasteiger partial charge in [0.15, 0.2) is 8.32 Å². The smallest absolute Gasteiger partial charge is 0.192 e. The molecule has 3 nitrogen and oxygen atoms in total. The second-order valence-corrected chi connectivity index (χ2v) is 14.7. The normalized spacial score (nSPS) is 18.3. The van der Waals surface area contributed by atoms with Gasteiger partial charge in [0.25, 0.3) is 0 Å². The third kappa shape index (κ3) is 5.13. The Bertz CT molecular complexity index is 983. The molecule has 1 saturated carbocycles. The first-order valence-corrected chi connectivity index (χ1v) is 15.7. The zero-order chi connectivity index (χ0) is 23.3. The lowest BCUT2D eigenvalue weighted by atomic mass is 9.76.